The highest BCUT2D eigenvalue weighted by Gasteiger charge is 2.29. The van der Waals surface area contributed by atoms with Gasteiger partial charge in [0.15, 0.2) is 4.34 Å². The highest BCUT2D eigenvalue weighted by atomic mass is 32.2. The van der Waals surface area contributed by atoms with Crippen LogP contribution in [-0.2, 0) is 20.6 Å². The van der Waals surface area contributed by atoms with Crippen LogP contribution in [0.25, 0.3) is 0 Å². The molecule has 3 rings (SSSR count). The Bertz CT molecular complexity index is 985. The van der Waals surface area contributed by atoms with Crippen molar-refractivity contribution in [3.63, 3.8) is 0 Å². The van der Waals surface area contributed by atoms with Crippen LogP contribution in [0.1, 0.15) is 18.4 Å². The van der Waals surface area contributed by atoms with Crippen molar-refractivity contribution in [2.45, 2.75) is 22.9 Å². The number of thioether (sulfide) groups is 1. The summed E-state index contributed by atoms with van der Waals surface area (Å²) in [5.41, 5.74) is 0.959. The van der Waals surface area contributed by atoms with Crippen LogP contribution in [0.5, 0.6) is 0 Å². The van der Waals surface area contributed by atoms with Crippen LogP contribution in [0.4, 0.5) is 10.8 Å². The average molecular weight is 458 g/mol. The topological polar surface area (TPSA) is 135 Å². The number of hydrogen-bond acceptors (Lipinski definition) is 9. The summed E-state index contributed by atoms with van der Waals surface area (Å²) in [4.78, 5) is 22.6. The molecule has 0 bridgehead atoms. The van der Waals surface area contributed by atoms with Crippen LogP contribution in [0.2, 0.25) is 0 Å². The number of piperidine rings is 1. The van der Waals surface area contributed by atoms with Gasteiger partial charge in [-0.2, -0.15) is 0 Å². The molecule has 0 aliphatic carbocycles. The number of nitrogens with one attached hydrogen (secondary N) is 1. The number of carbonyl (C=O) groups excluding carboxylic acids is 1. The van der Waals surface area contributed by atoms with E-state index in [2.05, 4.69) is 15.5 Å². The predicted molar refractivity (Wildman–Crippen MR) is 110 cm³/mol. The van der Waals surface area contributed by atoms with Crippen molar-refractivity contribution in [1.82, 2.24) is 14.5 Å². The van der Waals surface area contributed by atoms with Gasteiger partial charge in [0.05, 0.1) is 11.2 Å². The summed E-state index contributed by atoms with van der Waals surface area (Å²) in [5.74, 6) is 0.138. The van der Waals surface area contributed by atoms with E-state index in [9.17, 15) is 23.3 Å². The molecule has 2 heterocycles. The minimum Gasteiger partial charge on any atom is -0.300 e. The van der Waals surface area contributed by atoms with E-state index in [0.717, 1.165) is 5.56 Å². The SMILES string of the molecule is CS(=O)(=O)N1CCC(C(=O)Nc2nnc(SCc3ccc([N+](=O)[O-])cc3)s2)CC1. The first kappa shape index (κ1) is 21.6. The van der Waals surface area contributed by atoms with Gasteiger partial charge in [0, 0.05) is 36.9 Å². The van der Waals surface area contributed by atoms with Crippen LogP contribution in [0.3, 0.4) is 0 Å². The van der Waals surface area contributed by atoms with Gasteiger partial charge in [-0.15, -0.1) is 10.2 Å². The Morgan fingerprint density at radius 1 is 1.31 bits per heavy atom. The van der Waals surface area contributed by atoms with Gasteiger partial charge in [-0.05, 0) is 18.4 Å². The maximum absolute atomic E-state index is 12.4. The van der Waals surface area contributed by atoms with Crippen LogP contribution in [0, 0.1) is 16.0 Å². The number of nitrogens with zero attached hydrogens (tertiary/aromatic N) is 4. The number of aromatic nitrogens is 2. The zero-order chi connectivity index (χ0) is 21.0. The summed E-state index contributed by atoms with van der Waals surface area (Å²) in [6.07, 6.45) is 2.11. The Labute approximate surface area is 175 Å². The number of amides is 1. The number of hydrogen-bond donors (Lipinski definition) is 1. The number of anilines is 1. The molecule has 1 amide bonds. The first-order valence-electron chi connectivity index (χ1n) is 8.68. The van der Waals surface area contributed by atoms with Crippen molar-refractivity contribution in [3.8, 4) is 0 Å². The molecule has 0 saturated carbocycles. The largest absolute Gasteiger partial charge is 0.300 e. The lowest BCUT2D eigenvalue weighted by Gasteiger charge is -2.29. The molecule has 1 aliphatic heterocycles. The molecule has 0 radical (unpaired) electrons. The van der Waals surface area contributed by atoms with Crippen LogP contribution >= 0.6 is 23.1 Å². The van der Waals surface area contributed by atoms with Gasteiger partial charge in [0.2, 0.25) is 21.1 Å². The van der Waals surface area contributed by atoms with E-state index in [1.807, 2.05) is 0 Å². The van der Waals surface area contributed by atoms with E-state index in [1.165, 1.54) is 45.8 Å². The molecule has 1 aromatic carbocycles. The van der Waals surface area contributed by atoms with Gasteiger partial charge in [0.25, 0.3) is 5.69 Å². The fourth-order valence-corrected chi connectivity index (χ4v) is 5.42. The van der Waals surface area contributed by atoms with E-state index >= 15 is 0 Å². The molecule has 1 saturated heterocycles. The van der Waals surface area contributed by atoms with Crippen LogP contribution in [0.15, 0.2) is 28.6 Å². The van der Waals surface area contributed by atoms with Crippen molar-refractivity contribution < 1.29 is 18.1 Å². The van der Waals surface area contributed by atoms with Crippen molar-refractivity contribution >= 4 is 49.8 Å². The lowest BCUT2D eigenvalue weighted by molar-refractivity contribution is -0.384. The molecule has 10 nitrogen and oxygen atoms in total. The van der Waals surface area contributed by atoms with Crippen molar-refractivity contribution in [3.05, 3.63) is 39.9 Å². The summed E-state index contributed by atoms with van der Waals surface area (Å²) in [7, 11) is -3.22. The Hall–Kier alpha value is -2.09. The lowest BCUT2D eigenvalue weighted by atomic mass is 9.97. The van der Waals surface area contributed by atoms with E-state index in [0.29, 0.717) is 41.2 Å². The highest BCUT2D eigenvalue weighted by Crippen LogP contribution is 2.29. The second kappa shape index (κ2) is 9.15. The van der Waals surface area contributed by atoms with Gasteiger partial charge >= 0.3 is 0 Å². The maximum atomic E-state index is 12.4. The molecular weight excluding hydrogens is 438 g/mol. The summed E-state index contributed by atoms with van der Waals surface area (Å²) >= 11 is 2.68. The fourth-order valence-electron chi connectivity index (χ4n) is 2.83. The number of rotatable bonds is 7. The number of nitro groups is 1. The van der Waals surface area contributed by atoms with Gasteiger partial charge < -0.3 is 5.32 Å². The molecule has 0 atom stereocenters. The van der Waals surface area contributed by atoms with Crippen LogP contribution < -0.4 is 5.32 Å². The van der Waals surface area contributed by atoms with Crippen molar-refractivity contribution in [2.24, 2.45) is 5.92 Å². The summed E-state index contributed by atoms with van der Waals surface area (Å²) in [5, 5.41) is 21.8. The van der Waals surface area contributed by atoms with E-state index in [1.54, 1.807) is 12.1 Å². The number of carbonyl (C=O) groups is 1. The number of nitro benzene ring substituents is 1. The van der Waals surface area contributed by atoms with Gasteiger partial charge in [-0.25, -0.2) is 12.7 Å². The van der Waals surface area contributed by atoms with Gasteiger partial charge in [-0.1, -0.05) is 35.2 Å². The summed E-state index contributed by atoms with van der Waals surface area (Å²) < 4.78 is 25.1. The minimum atomic E-state index is -3.22. The second-order valence-corrected chi connectivity index (χ2v) is 10.7. The smallest absolute Gasteiger partial charge is 0.269 e. The molecule has 1 aliphatic rings. The molecule has 156 valence electrons. The molecule has 13 heteroatoms. The molecular formula is C16H19N5O5S3. The van der Waals surface area contributed by atoms with Crippen LogP contribution in [-0.4, -0.2) is 53.1 Å². The highest BCUT2D eigenvalue weighted by molar-refractivity contribution is 8.00. The number of sulfonamides is 1. The van der Waals surface area contributed by atoms with Crippen molar-refractivity contribution in [1.29, 1.82) is 0 Å². The number of non-ortho nitro benzene ring substituents is 1. The molecule has 1 fully saturated rings. The second-order valence-electron chi connectivity index (χ2n) is 6.51. The summed E-state index contributed by atoms with van der Waals surface area (Å²) in [6.45, 7) is 0.673. The molecule has 29 heavy (non-hydrogen) atoms. The average Bonchev–Trinajstić information content (AvgIpc) is 3.13. The molecule has 2 aromatic rings. The zero-order valence-corrected chi connectivity index (χ0v) is 17.9. The molecule has 1 N–H and O–H groups in total. The fraction of sp³-hybridized carbons (Fsp3) is 0.438. The first-order valence-corrected chi connectivity index (χ1v) is 12.3. The van der Waals surface area contributed by atoms with Gasteiger partial charge in [-0.3, -0.25) is 14.9 Å². The number of benzene rings is 1. The van der Waals surface area contributed by atoms with E-state index in [4.69, 9.17) is 0 Å². The summed E-state index contributed by atoms with van der Waals surface area (Å²) in [6, 6.07) is 6.29. The Morgan fingerprint density at radius 3 is 2.55 bits per heavy atom. The Balaban J connectivity index is 1.48. The third-order valence-corrected chi connectivity index (χ3v) is 7.79. The van der Waals surface area contributed by atoms with Crippen molar-refractivity contribution in [2.75, 3.05) is 24.7 Å². The van der Waals surface area contributed by atoms with E-state index in [-0.39, 0.29) is 17.5 Å². The normalized spacial score (nSPS) is 15.9. The standard InChI is InChI=1S/C16H19N5O5S3/c1-29(25,26)20-8-6-12(7-9-20)14(22)17-15-18-19-16(28-15)27-10-11-2-4-13(5-3-11)21(23)24/h2-5,12H,6-10H2,1H3,(H,17,18,22). The first-order chi connectivity index (χ1) is 13.7. The molecule has 0 spiro atoms. The third kappa shape index (κ3) is 5.95. The Morgan fingerprint density at radius 2 is 1.97 bits per heavy atom. The third-order valence-electron chi connectivity index (χ3n) is 4.44. The molecule has 0 unspecified atom stereocenters. The maximum Gasteiger partial charge on any atom is 0.269 e. The molecule has 1 aromatic heterocycles. The quantitative estimate of drug-likeness (QED) is 0.290. The Kier molecular flexibility index (Phi) is 6.82. The predicted octanol–water partition coefficient (Wildman–Crippen LogP) is 2.35. The monoisotopic (exact) mass is 457 g/mol. The van der Waals surface area contributed by atoms with E-state index < -0.39 is 14.9 Å². The van der Waals surface area contributed by atoms with Gasteiger partial charge in [0.1, 0.15) is 0 Å². The lowest BCUT2D eigenvalue weighted by Crippen LogP contribution is -2.40. The minimum absolute atomic E-state index is 0.0435. The zero-order valence-electron chi connectivity index (χ0n) is 15.5.